The maximum absolute atomic E-state index is 12.3. The smallest absolute Gasteiger partial charge is 0.258 e. The number of amides is 1. The lowest BCUT2D eigenvalue weighted by Gasteiger charge is -2.19. The molecule has 2 aromatic carbocycles. The molecule has 9 heteroatoms. The van der Waals surface area contributed by atoms with Crippen molar-refractivity contribution >= 4 is 21.6 Å². The molecule has 0 aliphatic heterocycles. The van der Waals surface area contributed by atoms with Gasteiger partial charge in [0, 0.05) is 12.6 Å². The minimum atomic E-state index is -3.34. The van der Waals surface area contributed by atoms with E-state index in [1.165, 1.54) is 7.05 Å². The minimum Gasteiger partial charge on any atom is -0.497 e. The van der Waals surface area contributed by atoms with Gasteiger partial charge in [-0.1, -0.05) is 0 Å². The van der Waals surface area contributed by atoms with Gasteiger partial charge in [-0.15, -0.1) is 0 Å². The molecule has 0 bridgehead atoms. The summed E-state index contributed by atoms with van der Waals surface area (Å²) in [5, 5.41) is 2.85. The third kappa shape index (κ3) is 6.02. The van der Waals surface area contributed by atoms with Crippen molar-refractivity contribution in [2.45, 2.75) is 13.0 Å². The lowest BCUT2D eigenvalue weighted by molar-refractivity contribution is -0.123. The first-order valence-electron chi connectivity index (χ1n) is 8.83. The van der Waals surface area contributed by atoms with E-state index in [0.29, 0.717) is 22.9 Å². The predicted octanol–water partition coefficient (Wildman–Crippen LogP) is 2.36. The molecule has 1 N–H and O–H groups in total. The lowest BCUT2D eigenvalue weighted by Crippen LogP contribution is -2.31. The van der Waals surface area contributed by atoms with Gasteiger partial charge in [0.25, 0.3) is 5.91 Å². The Morgan fingerprint density at radius 1 is 1.07 bits per heavy atom. The van der Waals surface area contributed by atoms with Crippen LogP contribution in [0.15, 0.2) is 42.5 Å². The monoisotopic (exact) mass is 422 g/mol. The molecule has 0 aliphatic rings. The molecule has 158 valence electrons. The summed E-state index contributed by atoms with van der Waals surface area (Å²) in [5.41, 5.74) is 1.29. The molecule has 0 saturated carbocycles. The first kappa shape index (κ1) is 22.4. The summed E-state index contributed by atoms with van der Waals surface area (Å²) in [6.45, 7) is 1.66. The number of sulfonamides is 1. The van der Waals surface area contributed by atoms with Crippen molar-refractivity contribution in [2.24, 2.45) is 0 Å². The van der Waals surface area contributed by atoms with Crippen LogP contribution in [0, 0.1) is 0 Å². The van der Waals surface area contributed by atoms with Crippen LogP contribution in [0.4, 0.5) is 5.69 Å². The zero-order valence-corrected chi connectivity index (χ0v) is 17.9. The van der Waals surface area contributed by atoms with Gasteiger partial charge in [-0.25, -0.2) is 8.42 Å². The third-order valence-corrected chi connectivity index (χ3v) is 5.55. The second-order valence-electron chi connectivity index (χ2n) is 6.41. The number of nitrogens with one attached hydrogen (secondary N) is 1. The molecule has 1 atom stereocenters. The van der Waals surface area contributed by atoms with E-state index in [-0.39, 0.29) is 18.6 Å². The van der Waals surface area contributed by atoms with Crippen LogP contribution in [0.3, 0.4) is 0 Å². The molecular formula is C20H26N2O6S. The van der Waals surface area contributed by atoms with Crippen LogP contribution in [0.25, 0.3) is 0 Å². The van der Waals surface area contributed by atoms with Crippen molar-refractivity contribution < 1.29 is 27.4 Å². The van der Waals surface area contributed by atoms with E-state index in [0.717, 1.165) is 16.1 Å². The van der Waals surface area contributed by atoms with Crippen molar-refractivity contribution in [2.75, 3.05) is 38.4 Å². The maximum Gasteiger partial charge on any atom is 0.258 e. The molecule has 2 rings (SSSR count). The number of nitrogens with zero attached hydrogens (tertiary/aromatic N) is 1. The molecule has 0 saturated heterocycles. The molecule has 1 amide bonds. The first-order valence-corrected chi connectivity index (χ1v) is 10.7. The molecule has 0 aromatic heterocycles. The molecule has 1 unspecified atom stereocenters. The number of hydrogen-bond donors (Lipinski definition) is 1. The van der Waals surface area contributed by atoms with E-state index < -0.39 is 10.0 Å². The number of rotatable bonds is 9. The van der Waals surface area contributed by atoms with E-state index in [1.807, 2.05) is 13.0 Å². The normalized spacial score (nSPS) is 12.0. The SMILES string of the molecule is COc1ccc(OC)c(C(C)NC(=O)COc2ccc(N(C)S(C)(=O)=O)cc2)c1. The summed E-state index contributed by atoms with van der Waals surface area (Å²) in [4.78, 5) is 12.3. The van der Waals surface area contributed by atoms with Crippen molar-refractivity contribution in [3.05, 3.63) is 48.0 Å². The van der Waals surface area contributed by atoms with Gasteiger partial charge >= 0.3 is 0 Å². The predicted molar refractivity (Wildman–Crippen MR) is 111 cm³/mol. The average Bonchev–Trinajstić information content (AvgIpc) is 2.70. The van der Waals surface area contributed by atoms with Crippen molar-refractivity contribution in [3.63, 3.8) is 0 Å². The van der Waals surface area contributed by atoms with Crippen molar-refractivity contribution in [3.8, 4) is 17.2 Å². The average molecular weight is 423 g/mol. The fraction of sp³-hybridized carbons (Fsp3) is 0.350. The third-order valence-electron chi connectivity index (χ3n) is 4.35. The van der Waals surface area contributed by atoms with Crippen LogP contribution in [-0.2, 0) is 14.8 Å². The number of ether oxygens (including phenoxy) is 3. The minimum absolute atomic E-state index is 0.183. The topological polar surface area (TPSA) is 94.2 Å². The van der Waals surface area contributed by atoms with E-state index >= 15 is 0 Å². The molecule has 0 heterocycles. The molecule has 29 heavy (non-hydrogen) atoms. The van der Waals surface area contributed by atoms with Crippen LogP contribution < -0.4 is 23.8 Å². The number of methoxy groups -OCH3 is 2. The summed E-state index contributed by atoms with van der Waals surface area (Å²) in [6, 6.07) is 11.5. The zero-order chi connectivity index (χ0) is 21.6. The van der Waals surface area contributed by atoms with Gasteiger partial charge in [0.1, 0.15) is 17.2 Å². The Balaban J connectivity index is 1.96. The van der Waals surface area contributed by atoms with Gasteiger partial charge in [0.2, 0.25) is 10.0 Å². The Kier molecular flexibility index (Phi) is 7.33. The Labute approximate surface area is 171 Å². The van der Waals surface area contributed by atoms with Crippen molar-refractivity contribution in [1.29, 1.82) is 0 Å². The fourth-order valence-corrected chi connectivity index (χ4v) is 3.14. The lowest BCUT2D eigenvalue weighted by atomic mass is 10.1. The largest absolute Gasteiger partial charge is 0.497 e. The van der Waals surface area contributed by atoms with Gasteiger partial charge < -0.3 is 19.5 Å². The summed E-state index contributed by atoms with van der Waals surface area (Å²) in [5.74, 6) is 1.46. The first-order chi connectivity index (χ1) is 13.7. The summed E-state index contributed by atoms with van der Waals surface area (Å²) in [6.07, 6.45) is 1.13. The summed E-state index contributed by atoms with van der Waals surface area (Å²) in [7, 11) is 1.26. The quantitative estimate of drug-likeness (QED) is 0.667. The maximum atomic E-state index is 12.3. The number of carbonyl (C=O) groups is 1. The van der Waals surface area contributed by atoms with Crippen LogP contribution in [0.1, 0.15) is 18.5 Å². The molecule has 8 nitrogen and oxygen atoms in total. The van der Waals surface area contributed by atoms with E-state index in [9.17, 15) is 13.2 Å². The Bertz CT molecular complexity index is 944. The molecule has 0 radical (unpaired) electrons. The number of anilines is 1. The van der Waals surface area contributed by atoms with Crippen LogP contribution in [-0.4, -0.2) is 48.5 Å². The molecule has 0 fully saturated rings. The standard InChI is InChI=1S/C20H26N2O6S/c1-14(18-12-17(26-3)10-11-19(18)27-4)21-20(23)13-28-16-8-6-15(7-9-16)22(2)29(5,24)25/h6-12,14H,13H2,1-5H3,(H,21,23). The highest BCUT2D eigenvalue weighted by molar-refractivity contribution is 7.92. The number of carbonyl (C=O) groups excluding carboxylic acids is 1. The number of hydrogen-bond acceptors (Lipinski definition) is 6. The van der Waals surface area contributed by atoms with E-state index in [2.05, 4.69) is 5.32 Å². The van der Waals surface area contributed by atoms with E-state index in [1.54, 1.807) is 50.6 Å². The Morgan fingerprint density at radius 3 is 2.24 bits per heavy atom. The Hall–Kier alpha value is -2.94. The van der Waals surface area contributed by atoms with Crippen LogP contribution in [0.2, 0.25) is 0 Å². The van der Waals surface area contributed by atoms with Crippen LogP contribution in [0.5, 0.6) is 17.2 Å². The number of benzene rings is 2. The van der Waals surface area contributed by atoms with E-state index in [4.69, 9.17) is 14.2 Å². The molecule has 0 aliphatic carbocycles. The molecule has 0 spiro atoms. The highest BCUT2D eigenvalue weighted by Gasteiger charge is 2.16. The van der Waals surface area contributed by atoms with Gasteiger partial charge in [-0.05, 0) is 49.4 Å². The zero-order valence-electron chi connectivity index (χ0n) is 17.1. The summed E-state index contributed by atoms with van der Waals surface area (Å²) < 4.78 is 40.3. The molecular weight excluding hydrogens is 396 g/mol. The van der Waals surface area contributed by atoms with Gasteiger partial charge in [0.05, 0.1) is 32.2 Å². The molecule has 2 aromatic rings. The highest BCUT2D eigenvalue weighted by atomic mass is 32.2. The highest BCUT2D eigenvalue weighted by Crippen LogP contribution is 2.29. The van der Waals surface area contributed by atoms with Gasteiger partial charge in [-0.3, -0.25) is 9.10 Å². The van der Waals surface area contributed by atoms with Gasteiger partial charge in [-0.2, -0.15) is 0 Å². The van der Waals surface area contributed by atoms with Crippen LogP contribution >= 0.6 is 0 Å². The second kappa shape index (κ2) is 9.51. The Morgan fingerprint density at radius 2 is 1.69 bits per heavy atom. The fourth-order valence-electron chi connectivity index (χ4n) is 2.63. The summed E-state index contributed by atoms with van der Waals surface area (Å²) >= 11 is 0. The van der Waals surface area contributed by atoms with Gasteiger partial charge in [0.15, 0.2) is 6.61 Å². The second-order valence-corrected chi connectivity index (χ2v) is 8.42. The van der Waals surface area contributed by atoms with Crippen molar-refractivity contribution in [1.82, 2.24) is 5.32 Å².